The Kier molecular flexibility index (Phi) is 4.98. The Labute approximate surface area is 119 Å². The number of benzene rings is 1. The molecule has 0 radical (unpaired) electrons. The van der Waals surface area contributed by atoms with Crippen molar-refractivity contribution in [3.8, 4) is 5.75 Å². The number of carbonyl (C=O) groups excluding carboxylic acids is 1. The maximum absolute atomic E-state index is 12.1. The van der Waals surface area contributed by atoms with Gasteiger partial charge in [0.25, 0.3) is 0 Å². The van der Waals surface area contributed by atoms with Crippen LogP contribution in [0, 0.1) is 0 Å². The van der Waals surface area contributed by atoms with Gasteiger partial charge >= 0.3 is 0 Å². The molecule has 3 N–H and O–H groups in total. The molecule has 2 rings (SSSR count). The lowest BCUT2D eigenvalue weighted by Gasteiger charge is -2.31. The van der Waals surface area contributed by atoms with Gasteiger partial charge in [0.05, 0.1) is 12.6 Å². The molecular formula is C15H22N2O3. The van der Waals surface area contributed by atoms with E-state index < -0.39 is 5.54 Å². The Bertz CT molecular complexity index is 456. The Morgan fingerprint density at radius 3 is 2.90 bits per heavy atom. The van der Waals surface area contributed by atoms with E-state index in [9.17, 15) is 4.79 Å². The summed E-state index contributed by atoms with van der Waals surface area (Å²) >= 11 is 0. The van der Waals surface area contributed by atoms with Crippen LogP contribution in [0.1, 0.15) is 18.4 Å². The molecule has 0 aromatic heterocycles. The van der Waals surface area contributed by atoms with Gasteiger partial charge < -0.3 is 20.5 Å². The highest BCUT2D eigenvalue weighted by atomic mass is 16.5. The van der Waals surface area contributed by atoms with E-state index in [2.05, 4.69) is 5.32 Å². The molecule has 20 heavy (non-hydrogen) atoms. The summed E-state index contributed by atoms with van der Waals surface area (Å²) in [4.78, 5) is 12.1. The molecular weight excluding hydrogens is 256 g/mol. The van der Waals surface area contributed by atoms with Crippen LogP contribution in [0.15, 0.2) is 24.3 Å². The lowest BCUT2D eigenvalue weighted by atomic mass is 9.90. The van der Waals surface area contributed by atoms with Crippen molar-refractivity contribution < 1.29 is 14.3 Å². The highest BCUT2D eigenvalue weighted by molar-refractivity contribution is 5.86. The molecule has 1 aliphatic heterocycles. The third kappa shape index (κ3) is 3.71. The van der Waals surface area contributed by atoms with Gasteiger partial charge in [-0.3, -0.25) is 4.79 Å². The minimum atomic E-state index is -0.771. The standard InChI is InChI=1S/C15H22N2O3/c1-19-13-4-2-3-12(11-13)5-8-17-14(18)15(16)6-9-20-10-7-15/h2-4,11H,5-10,16H2,1H3,(H,17,18). The molecule has 110 valence electrons. The number of methoxy groups -OCH3 is 1. The van der Waals surface area contributed by atoms with Gasteiger partial charge in [-0.1, -0.05) is 12.1 Å². The first-order valence-corrected chi connectivity index (χ1v) is 6.92. The number of nitrogens with two attached hydrogens (primary N) is 1. The maximum Gasteiger partial charge on any atom is 0.240 e. The van der Waals surface area contributed by atoms with Gasteiger partial charge in [-0.2, -0.15) is 0 Å². The van der Waals surface area contributed by atoms with Crippen molar-refractivity contribution in [1.29, 1.82) is 0 Å². The highest BCUT2D eigenvalue weighted by Gasteiger charge is 2.35. The summed E-state index contributed by atoms with van der Waals surface area (Å²) in [5.41, 5.74) is 6.47. The monoisotopic (exact) mass is 278 g/mol. The van der Waals surface area contributed by atoms with E-state index in [-0.39, 0.29) is 5.91 Å². The largest absolute Gasteiger partial charge is 0.497 e. The summed E-state index contributed by atoms with van der Waals surface area (Å²) in [5, 5.41) is 2.92. The van der Waals surface area contributed by atoms with Gasteiger partial charge in [-0.25, -0.2) is 0 Å². The first kappa shape index (κ1) is 14.8. The molecule has 1 heterocycles. The zero-order valence-corrected chi connectivity index (χ0v) is 11.9. The Morgan fingerprint density at radius 2 is 2.20 bits per heavy atom. The molecule has 1 amide bonds. The second-order valence-corrected chi connectivity index (χ2v) is 5.13. The van der Waals surface area contributed by atoms with E-state index in [1.807, 2.05) is 24.3 Å². The maximum atomic E-state index is 12.1. The molecule has 1 aliphatic rings. The minimum Gasteiger partial charge on any atom is -0.497 e. The van der Waals surface area contributed by atoms with Crippen LogP contribution < -0.4 is 15.8 Å². The Hall–Kier alpha value is -1.59. The lowest BCUT2D eigenvalue weighted by Crippen LogP contribution is -2.57. The molecule has 0 atom stereocenters. The number of carbonyl (C=O) groups is 1. The number of hydrogen-bond donors (Lipinski definition) is 2. The van der Waals surface area contributed by atoms with E-state index in [0.717, 1.165) is 17.7 Å². The van der Waals surface area contributed by atoms with E-state index >= 15 is 0 Å². The molecule has 0 saturated carbocycles. The second-order valence-electron chi connectivity index (χ2n) is 5.13. The summed E-state index contributed by atoms with van der Waals surface area (Å²) in [7, 11) is 1.64. The molecule has 0 bridgehead atoms. The van der Waals surface area contributed by atoms with E-state index in [1.54, 1.807) is 7.11 Å². The fourth-order valence-electron chi connectivity index (χ4n) is 2.29. The van der Waals surface area contributed by atoms with Crippen LogP contribution in [0.5, 0.6) is 5.75 Å². The minimum absolute atomic E-state index is 0.0799. The fraction of sp³-hybridized carbons (Fsp3) is 0.533. The van der Waals surface area contributed by atoms with E-state index in [0.29, 0.717) is 32.6 Å². The van der Waals surface area contributed by atoms with Gasteiger partial charge in [0, 0.05) is 19.8 Å². The van der Waals surface area contributed by atoms with Crippen molar-refractivity contribution in [2.45, 2.75) is 24.8 Å². The van der Waals surface area contributed by atoms with Crippen LogP contribution in [0.4, 0.5) is 0 Å². The quantitative estimate of drug-likeness (QED) is 0.838. The third-order valence-corrected chi connectivity index (χ3v) is 3.67. The van der Waals surface area contributed by atoms with Crippen molar-refractivity contribution in [3.63, 3.8) is 0 Å². The molecule has 1 saturated heterocycles. The fourth-order valence-corrected chi connectivity index (χ4v) is 2.29. The first-order valence-electron chi connectivity index (χ1n) is 6.92. The van der Waals surface area contributed by atoms with Crippen LogP contribution >= 0.6 is 0 Å². The van der Waals surface area contributed by atoms with Gasteiger partial charge in [0.15, 0.2) is 0 Å². The smallest absolute Gasteiger partial charge is 0.240 e. The average molecular weight is 278 g/mol. The number of hydrogen-bond acceptors (Lipinski definition) is 4. The van der Waals surface area contributed by atoms with Crippen LogP contribution in [0.3, 0.4) is 0 Å². The Balaban J connectivity index is 1.81. The molecule has 5 heteroatoms. The molecule has 0 spiro atoms. The molecule has 1 aromatic carbocycles. The molecule has 5 nitrogen and oxygen atoms in total. The Morgan fingerprint density at radius 1 is 1.45 bits per heavy atom. The molecule has 1 aromatic rings. The van der Waals surface area contributed by atoms with E-state index in [1.165, 1.54) is 0 Å². The predicted molar refractivity (Wildman–Crippen MR) is 76.7 cm³/mol. The summed E-state index contributed by atoms with van der Waals surface area (Å²) in [5.74, 6) is 0.747. The van der Waals surface area contributed by atoms with Crippen molar-refractivity contribution in [2.75, 3.05) is 26.9 Å². The molecule has 1 fully saturated rings. The van der Waals surface area contributed by atoms with Crippen molar-refractivity contribution >= 4 is 5.91 Å². The van der Waals surface area contributed by atoms with E-state index in [4.69, 9.17) is 15.2 Å². The van der Waals surface area contributed by atoms with Crippen LogP contribution in [-0.2, 0) is 16.0 Å². The van der Waals surface area contributed by atoms with Crippen LogP contribution in [0.25, 0.3) is 0 Å². The number of amides is 1. The normalized spacial score (nSPS) is 17.5. The summed E-state index contributed by atoms with van der Waals surface area (Å²) in [6.07, 6.45) is 1.92. The number of ether oxygens (including phenoxy) is 2. The zero-order valence-electron chi connectivity index (χ0n) is 11.9. The molecule has 0 unspecified atom stereocenters. The summed E-state index contributed by atoms with van der Waals surface area (Å²) in [6.45, 7) is 1.69. The first-order chi connectivity index (χ1) is 9.64. The third-order valence-electron chi connectivity index (χ3n) is 3.67. The predicted octanol–water partition coefficient (Wildman–Crippen LogP) is 0.862. The highest BCUT2D eigenvalue weighted by Crippen LogP contribution is 2.18. The topological polar surface area (TPSA) is 73.6 Å². The zero-order chi connectivity index (χ0) is 14.4. The van der Waals surface area contributed by atoms with Crippen LogP contribution in [-0.4, -0.2) is 38.3 Å². The second kappa shape index (κ2) is 6.72. The lowest BCUT2D eigenvalue weighted by molar-refractivity contribution is -0.129. The number of rotatable bonds is 5. The van der Waals surface area contributed by atoms with Gasteiger partial charge in [-0.15, -0.1) is 0 Å². The van der Waals surface area contributed by atoms with Crippen molar-refractivity contribution in [2.24, 2.45) is 5.73 Å². The van der Waals surface area contributed by atoms with Gasteiger partial charge in [0.1, 0.15) is 5.75 Å². The van der Waals surface area contributed by atoms with Gasteiger partial charge in [0.2, 0.25) is 5.91 Å². The van der Waals surface area contributed by atoms with Crippen molar-refractivity contribution in [1.82, 2.24) is 5.32 Å². The average Bonchev–Trinajstić information content (AvgIpc) is 2.48. The summed E-state index contributed by atoms with van der Waals surface area (Å²) < 4.78 is 10.4. The van der Waals surface area contributed by atoms with Crippen molar-refractivity contribution in [3.05, 3.63) is 29.8 Å². The number of nitrogens with one attached hydrogen (secondary N) is 1. The van der Waals surface area contributed by atoms with Crippen LogP contribution in [0.2, 0.25) is 0 Å². The summed E-state index contributed by atoms with van der Waals surface area (Å²) in [6, 6.07) is 7.83. The SMILES string of the molecule is COc1cccc(CCNC(=O)C2(N)CCOCC2)c1. The molecule has 0 aliphatic carbocycles. The van der Waals surface area contributed by atoms with Gasteiger partial charge in [-0.05, 0) is 37.0 Å².